The predicted molar refractivity (Wildman–Crippen MR) is 102 cm³/mol. The number of nitrogens with one attached hydrogen (secondary N) is 3. The fourth-order valence-corrected chi connectivity index (χ4v) is 3.87. The van der Waals surface area contributed by atoms with Gasteiger partial charge in [-0.2, -0.15) is 4.72 Å². The summed E-state index contributed by atoms with van der Waals surface area (Å²) < 4.78 is 26.4. The number of rotatable bonds is 7. The molecule has 0 bridgehead atoms. The fraction of sp³-hybridized carbons (Fsp3) is 0.389. The number of likely N-dealkylation sites (tertiary alicyclic amines) is 1. The highest BCUT2D eigenvalue weighted by Crippen LogP contribution is 2.17. The molecule has 1 unspecified atom stereocenters. The van der Waals surface area contributed by atoms with Crippen LogP contribution in [-0.2, 0) is 19.6 Å². The Labute approximate surface area is 163 Å². The Morgan fingerprint density at radius 3 is 2.75 bits per heavy atom. The van der Waals surface area contributed by atoms with Crippen LogP contribution < -0.4 is 15.4 Å². The van der Waals surface area contributed by atoms with E-state index in [1.807, 2.05) is 0 Å². The third-order valence-corrected chi connectivity index (χ3v) is 5.69. The number of hydrogen-bond acceptors (Lipinski definition) is 5. The quantitative estimate of drug-likeness (QED) is 0.505. The van der Waals surface area contributed by atoms with Crippen molar-refractivity contribution < 1.29 is 22.8 Å². The van der Waals surface area contributed by atoms with Crippen LogP contribution in [0.2, 0.25) is 0 Å². The van der Waals surface area contributed by atoms with E-state index in [0.717, 1.165) is 0 Å². The number of terminal acetylenes is 1. The largest absolute Gasteiger partial charge is 0.357 e. The average molecular weight is 406 g/mol. The SMILES string of the molecule is C#CCNS(=O)(=O)c1cccc(C(=O)NCC(=O)N2CCCC2C(=O)NC)c1. The summed E-state index contributed by atoms with van der Waals surface area (Å²) in [5, 5.41) is 4.99. The normalized spacial score (nSPS) is 16.3. The van der Waals surface area contributed by atoms with Gasteiger partial charge < -0.3 is 15.5 Å². The minimum atomic E-state index is -3.83. The first-order chi connectivity index (χ1) is 13.3. The second-order valence-corrected chi connectivity index (χ2v) is 7.87. The van der Waals surface area contributed by atoms with Crippen LogP contribution in [0.15, 0.2) is 29.2 Å². The molecule has 1 fully saturated rings. The van der Waals surface area contributed by atoms with E-state index in [1.54, 1.807) is 0 Å². The van der Waals surface area contributed by atoms with Gasteiger partial charge in [-0.3, -0.25) is 14.4 Å². The van der Waals surface area contributed by atoms with Gasteiger partial charge in [-0.15, -0.1) is 6.42 Å². The number of hydrogen-bond donors (Lipinski definition) is 3. The van der Waals surface area contributed by atoms with Gasteiger partial charge in [0.15, 0.2) is 0 Å². The van der Waals surface area contributed by atoms with E-state index in [2.05, 4.69) is 21.3 Å². The molecule has 3 N–H and O–H groups in total. The number of nitrogens with zero attached hydrogens (tertiary/aromatic N) is 1. The van der Waals surface area contributed by atoms with Gasteiger partial charge in [0.2, 0.25) is 21.8 Å². The molecule has 0 radical (unpaired) electrons. The standard InChI is InChI=1S/C18H22N4O5S/c1-3-9-21-28(26,27)14-7-4-6-13(11-14)17(24)20-12-16(23)22-10-5-8-15(22)18(25)19-2/h1,4,6-7,11,15,21H,5,8-10,12H2,2H3,(H,19,25)(H,20,24). The van der Waals surface area contributed by atoms with Crippen molar-refractivity contribution in [1.29, 1.82) is 0 Å². The van der Waals surface area contributed by atoms with Crippen molar-refractivity contribution >= 4 is 27.7 Å². The molecule has 0 aromatic heterocycles. The zero-order chi connectivity index (χ0) is 20.7. The predicted octanol–water partition coefficient (Wildman–Crippen LogP) is -0.935. The van der Waals surface area contributed by atoms with Gasteiger partial charge in [-0.05, 0) is 31.0 Å². The maximum atomic E-state index is 12.4. The minimum absolute atomic E-state index is 0.0839. The third-order valence-electron chi connectivity index (χ3n) is 4.29. The zero-order valence-corrected chi connectivity index (χ0v) is 16.2. The lowest BCUT2D eigenvalue weighted by Gasteiger charge is -2.23. The summed E-state index contributed by atoms with van der Waals surface area (Å²) in [5.41, 5.74) is 0.0839. The Morgan fingerprint density at radius 1 is 1.32 bits per heavy atom. The average Bonchev–Trinajstić information content (AvgIpc) is 3.19. The number of carbonyl (C=O) groups is 3. The topological polar surface area (TPSA) is 125 Å². The number of carbonyl (C=O) groups excluding carboxylic acids is 3. The number of likely N-dealkylation sites (N-methyl/N-ethyl adjacent to an activating group) is 1. The van der Waals surface area contributed by atoms with Gasteiger partial charge in [-0.25, -0.2) is 8.42 Å². The fourth-order valence-electron chi connectivity index (χ4n) is 2.89. The van der Waals surface area contributed by atoms with Crippen molar-refractivity contribution in [2.45, 2.75) is 23.8 Å². The van der Waals surface area contributed by atoms with E-state index in [0.29, 0.717) is 19.4 Å². The summed E-state index contributed by atoms with van der Waals surface area (Å²) in [6, 6.07) is 4.85. The summed E-state index contributed by atoms with van der Waals surface area (Å²) >= 11 is 0. The molecule has 1 aliphatic heterocycles. The van der Waals surface area contributed by atoms with E-state index in [1.165, 1.54) is 36.2 Å². The first-order valence-corrected chi connectivity index (χ1v) is 10.1. The van der Waals surface area contributed by atoms with Crippen molar-refractivity contribution in [2.24, 2.45) is 0 Å². The molecule has 0 spiro atoms. The van der Waals surface area contributed by atoms with Crippen molar-refractivity contribution in [3.8, 4) is 12.3 Å². The number of benzene rings is 1. The van der Waals surface area contributed by atoms with Crippen LogP contribution >= 0.6 is 0 Å². The van der Waals surface area contributed by atoms with E-state index in [-0.39, 0.29) is 35.4 Å². The second-order valence-electron chi connectivity index (χ2n) is 6.10. The summed E-state index contributed by atoms with van der Waals surface area (Å²) in [7, 11) is -2.33. The molecular weight excluding hydrogens is 384 g/mol. The Kier molecular flexibility index (Phi) is 7.14. The van der Waals surface area contributed by atoms with Crippen LogP contribution in [0.3, 0.4) is 0 Å². The molecule has 1 aromatic carbocycles. The molecule has 0 aliphatic carbocycles. The van der Waals surface area contributed by atoms with Gasteiger partial charge in [0.05, 0.1) is 18.0 Å². The van der Waals surface area contributed by atoms with Gasteiger partial charge >= 0.3 is 0 Å². The minimum Gasteiger partial charge on any atom is -0.357 e. The maximum absolute atomic E-state index is 12.4. The molecule has 9 nitrogen and oxygen atoms in total. The van der Waals surface area contributed by atoms with Crippen LogP contribution in [0.5, 0.6) is 0 Å². The van der Waals surface area contributed by atoms with Crippen LogP contribution in [0.1, 0.15) is 23.2 Å². The highest BCUT2D eigenvalue weighted by Gasteiger charge is 2.33. The molecule has 3 amide bonds. The first-order valence-electron chi connectivity index (χ1n) is 8.62. The van der Waals surface area contributed by atoms with Gasteiger partial charge in [0.25, 0.3) is 5.91 Å². The number of sulfonamides is 1. The highest BCUT2D eigenvalue weighted by molar-refractivity contribution is 7.89. The first kappa shape index (κ1) is 21.4. The number of amides is 3. The molecule has 1 aromatic rings. The monoisotopic (exact) mass is 406 g/mol. The Bertz CT molecular complexity index is 907. The molecule has 1 atom stereocenters. The van der Waals surface area contributed by atoms with Crippen LogP contribution in [0.25, 0.3) is 0 Å². The molecule has 28 heavy (non-hydrogen) atoms. The highest BCUT2D eigenvalue weighted by atomic mass is 32.2. The summed E-state index contributed by atoms with van der Waals surface area (Å²) in [6.07, 6.45) is 6.33. The van der Waals surface area contributed by atoms with Crippen molar-refractivity contribution in [3.05, 3.63) is 29.8 Å². The summed E-state index contributed by atoms with van der Waals surface area (Å²) in [6.45, 7) is -0.0182. The smallest absolute Gasteiger partial charge is 0.251 e. The van der Waals surface area contributed by atoms with Gasteiger partial charge in [-0.1, -0.05) is 12.0 Å². The molecule has 150 valence electrons. The second kappa shape index (κ2) is 9.34. The molecule has 2 rings (SSSR count). The molecule has 1 heterocycles. The maximum Gasteiger partial charge on any atom is 0.251 e. The molecule has 1 saturated heterocycles. The summed E-state index contributed by atoms with van der Waals surface area (Å²) in [5.74, 6) is 0.950. The van der Waals surface area contributed by atoms with Crippen LogP contribution in [0.4, 0.5) is 0 Å². The Hall–Kier alpha value is -2.90. The molecule has 1 aliphatic rings. The van der Waals surface area contributed by atoms with Crippen molar-refractivity contribution in [2.75, 3.05) is 26.7 Å². The lowest BCUT2D eigenvalue weighted by atomic mass is 10.2. The molecule has 0 saturated carbocycles. The van der Waals surface area contributed by atoms with E-state index >= 15 is 0 Å². The third kappa shape index (κ3) is 5.09. The van der Waals surface area contributed by atoms with Crippen LogP contribution in [-0.4, -0.2) is 63.8 Å². The van der Waals surface area contributed by atoms with Crippen molar-refractivity contribution in [3.63, 3.8) is 0 Å². The van der Waals surface area contributed by atoms with E-state index in [9.17, 15) is 22.8 Å². The van der Waals surface area contributed by atoms with Gasteiger partial charge in [0.1, 0.15) is 6.04 Å². The Morgan fingerprint density at radius 2 is 2.07 bits per heavy atom. The van der Waals surface area contributed by atoms with Crippen LogP contribution in [0, 0.1) is 12.3 Å². The van der Waals surface area contributed by atoms with E-state index < -0.39 is 22.0 Å². The lowest BCUT2D eigenvalue weighted by Crippen LogP contribution is -2.48. The Balaban J connectivity index is 2.02. The molecule has 10 heteroatoms. The van der Waals surface area contributed by atoms with Crippen molar-refractivity contribution in [1.82, 2.24) is 20.3 Å². The lowest BCUT2D eigenvalue weighted by molar-refractivity contribution is -0.137. The van der Waals surface area contributed by atoms with Gasteiger partial charge in [0, 0.05) is 19.2 Å². The van der Waals surface area contributed by atoms with E-state index in [4.69, 9.17) is 6.42 Å². The molecular formula is C18H22N4O5S. The summed E-state index contributed by atoms with van der Waals surface area (Å²) in [4.78, 5) is 37.8. The zero-order valence-electron chi connectivity index (χ0n) is 15.4.